The normalized spacial score (nSPS) is 44.3. The summed E-state index contributed by atoms with van der Waals surface area (Å²) in [5, 5.41) is 62.5. The minimum Gasteiger partial charge on any atom is -0.394 e. The summed E-state index contributed by atoms with van der Waals surface area (Å²) in [4.78, 5) is 12.0. The smallest absolute Gasteiger partial charge is 0.249 e. The highest BCUT2D eigenvalue weighted by atomic mass is 16.7. The van der Waals surface area contributed by atoms with Crippen molar-refractivity contribution in [3.05, 3.63) is 0 Å². The van der Waals surface area contributed by atoms with Gasteiger partial charge < -0.3 is 51.2 Å². The molecule has 1 aliphatic heterocycles. The van der Waals surface area contributed by atoms with Crippen LogP contribution in [0.1, 0.15) is 33.1 Å². The van der Waals surface area contributed by atoms with Crippen molar-refractivity contribution < 1.29 is 44.9 Å². The van der Waals surface area contributed by atoms with Gasteiger partial charge in [-0.15, -0.1) is 0 Å². The lowest BCUT2D eigenvalue weighted by atomic mass is 9.80. The molecule has 2 aliphatic rings. The summed E-state index contributed by atoms with van der Waals surface area (Å²) in [5.41, 5.74) is 5.86. The van der Waals surface area contributed by atoms with Crippen molar-refractivity contribution in [3.8, 4) is 0 Å². The van der Waals surface area contributed by atoms with E-state index in [0.717, 1.165) is 0 Å². The first kappa shape index (κ1) is 24.4. The monoisotopic (exact) mass is 422 g/mol. The van der Waals surface area contributed by atoms with Gasteiger partial charge in [0.15, 0.2) is 6.29 Å². The molecule has 170 valence electrons. The van der Waals surface area contributed by atoms with Gasteiger partial charge >= 0.3 is 0 Å². The molecule has 0 aromatic heterocycles. The highest BCUT2D eigenvalue weighted by Gasteiger charge is 2.48. The van der Waals surface area contributed by atoms with Gasteiger partial charge in [0.2, 0.25) is 5.91 Å². The molecule has 11 nitrogen and oxygen atoms in total. The summed E-state index contributed by atoms with van der Waals surface area (Å²) >= 11 is 0. The van der Waals surface area contributed by atoms with Crippen LogP contribution < -0.4 is 11.1 Å². The zero-order chi connectivity index (χ0) is 21.9. The second-order valence-electron chi connectivity index (χ2n) is 8.00. The van der Waals surface area contributed by atoms with Gasteiger partial charge in [0.25, 0.3) is 0 Å². The second-order valence-corrected chi connectivity index (χ2v) is 8.00. The highest BCUT2D eigenvalue weighted by molar-refractivity contribution is 5.80. The van der Waals surface area contributed by atoms with Gasteiger partial charge in [0, 0.05) is 0 Å². The summed E-state index contributed by atoms with van der Waals surface area (Å²) in [6, 6.07) is -1.91. The van der Waals surface area contributed by atoms with E-state index < -0.39 is 73.6 Å². The van der Waals surface area contributed by atoms with Crippen LogP contribution in [0.3, 0.4) is 0 Å². The zero-order valence-electron chi connectivity index (χ0n) is 16.7. The van der Waals surface area contributed by atoms with Gasteiger partial charge in [-0.05, 0) is 18.8 Å². The van der Waals surface area contributed by atoms with E-state index in [1.54, 1.807) is 6.92 Å². The molecule has 0 aromatic rings. The molecule has 11 heteroatoms. The number of hydrogen-bond acceptors (Lipinski definition) is 10. The Bertz CT molecular complexity index is 537. The van der Waals surface area contributed by atoms with Crippen LogP contribution in [0.2, 0.25) is 0 Å². The Morgan fingerprint density at radius 1 is 1.21 bits per heavy atom. The minimum atomic E-state index is -1.40. The molecule has 2 rings (SSSR count). The third-order valence-corrected chi connectivity index (χ3v) is 5.70. The third kappa shape index (κ3) is 5.43. The molecule has 1 saturated heterocycles. The van der Waals surface area contributed by atoms with Crippen LogP contribution in [0, 0.1) is 5.92 Å². The Morgan fingerprint density at radius 3 is 2.45 bits per heavy atom. The molecular formula is C18H34N2O9. The quantitative estimate of drug-likeness (QED) is 0.204. The molecule has 0 aromatic carbocycles. The topological polar surface area (TPSA) is 195 Å². The summed E-state index contributed by atoms with van der Waals surface area (Å²) in [7, 11) is 0. The van der Waals surface area contributed by atoms with Gasteiger partial charge in [0.05, 0.1) is 24.8 Å². The fourth-order valence-electron chi connectivity index (χ4n) is 3.87. The number of aliphatic hydroxyl groups is 6. The van der Waals surface area contributed by atoms with Crippen LogP contribution in [0.25, 0.3) is 0 Å². The van der Waals surface area contributed by atoms with Crippen molar-refractivity contribution in [1.82, 2.24) is 5.32 Å². The first-order valence-electron chi connectivity index (χ1n) is 10.00. The predicted molar refractivity (Wildman–Crippen MR) is 99.2 cm³/mol. The van der Waals surface area contributed by atoms with Crippen molar-refractivity contribution >= 4 is 5.91 Å². The van der Waals surface area contributed by atoms with E-state index >= 15 is 0 Å². The average Bonchev–Trinajstić information content (AvgIpc) is 2.69. The van der Waals surface area contributed by atoms with Gasteiger partial charge in [-0.1, -0.05) is 20.3 Å². The van der Waals surface area contributed by atoms with Crippen molar-refractivity contribution in [3.63, 3.8) is 0 Å². The number of carbonyl (C=O) groups is 1. The number of carbonyl (C=O) groups excluding carboxylic acids is 1. The Hall–Kier alpha value is -0.890. The van der Waals surface area contributed by atoms with Crippen molar-refractivity contribution in [2.45, 2.75) is 94.2 Å². The van der Waals surface area contributed by atoms with Gasteiger partial charge in [-0.2, -0.15) is 0 Å². The van der Waals surface area contributed by atoms with E-state index in [1.807, 2.05) is 6.92 Å². The maximum absolute atomic E-state index is 12.0. The first-order chi connectivity index (χ1) is 13.6. The number of rotatable bonds is 7. The molecule has 0 bridgehead atoms. The molecule has 29 heavy (non-hydrogen) atoms. The lowest BCUT2D eigenvalue weighted by Gasteiger charge is -2.46. The lowest BCUT2D eigenvalue weighted by Crippen LogP contribution is -2.65. The van der Waals surface area contributed by atoms with Crippen molar-refractivity contribution in [1.29, 1.82) is 0 Å². The SMILES string of the molecule is CCC[C@H](O)C(=O)N[C@@H]1CC(C)[C@@H](O[C@H]2OC(CO)[C@@H](O)C(O)C2N)C(O)C1O. The molecular weight excluding hydrogens is 388 g/mol. The van der Waals surface area contributed by atoms with Crippen LogP contribution in [0.4, 0.5) is 0 Å². The minimum absolute atomic E-state index is 0.254. The van der Waals surface area contributed by atoms with Crippen LogP contribution in [0.5, 0.6) is 0 Å². The Labute approximate surface area is 169 Å². The van der Waals surface area contributed by atoms with Crippen LogP contribution in [-0.4, -0.2) is 104 Å². The van der Waals surface area contributed by atoms with Gasteiger partial charge in [0.1, 0.15) is 36.6 Å². The summed E-state index contributed by atoms with van der Waals surface area (Å²) < 4.78 is 11.1. The molecule has 1 saturated carbocycles. The van der Waals surface area contributed by atoms with Gasteiger partial charge in [-0.3, -0.25) is 4.79 Å². The van der Waals surface area contributed by atoms with Crippen molar-refractivity contribution in [2.75, 3.05) is 6.61 Å². The Morgan fingerprint density at radius 2 is 1.86 bits per heavy atom. The number of nitrogens with one attached hydrogen (secondary N) is 1. The van der Waals surface area contributed by atoms with E-state index in [4.69, 9.17) is 15.2 Å². The van der Waals surface area contributed by atoms with Crippen molar-refractivity contribution in [2.24, 2.45) is 11.7 Å². The summed E-state index contributed by atoms with van der Waals surface area (Å²) in [6.45, 7) is 3.00. The largest absolute Gasteiger partial charge is 0.394 e. The summed E-state index contributed by atoms with van der Waals surface area (Å²) in [6.07, 6.45) is -8.85. The van der Waals surface area contributed by atoms with Crippen LogP contribution >= 0.6 is 0 Å². The highest BCUT2D eigenvalue weighted by Crippen LogP contribution is 2.31. The second kappa shape index (κ2) is 10.4. The standard InChI is InChI=1S/C18H34N2O9/c1-3-4-9(22)17(27)20-8-5-7(2)16(15(26)12(8)23)29-18-11(19)14(25)13(24)10(6-21)28-18/h7-16,18,21-26H,3-6,19H2,1-2H3,(H,20,27)/t7?,8-,9+,10?,11?,12?,13-,14?,15?,16-,18-/m1/s1. The molecule has 0 radical (unpaired) electrons. The number of amides is 1. The van der Waals surface area contributed by atoms with E-state index in [-0.39, 0.29) is 18.8 Å². The molecule has 1 amide bonds. The first-order valence-corrected chi connectivity index (χ1v) is 10.00. The lowest BCUT2D eigenvalue weighted by molar-refractivity contribution is -0.298. The molecule has 9 N–H and O–H groups in total. The number of ether oxygens (including phenoxy) is 2. The van der Waals surface area contributed by atoms with E-state index in [2.05, 4.69) is 5.32 Å². The average molecular weight is 422 g/mol. The molecule has 2 fully saturated rings. The Balaban J connectivity index is 2.02. The van der Waals surface area contributed by atoms with E-state index in [0.29, 0.717) is 6.42 Å². The summed E-state index contributed by atoms with van der Waals surface area (Å²) in [5.74, 6) is -0.968. The molecule has 6 unspecified atom stereocenters. The van der Waals surface area contributed by atoms with Crippen LogP contribution in [-0.2, 0) is 14.3 Å². The zero-order valence-corrected chi connectivity index (χ0v) is 16.7. The Kier molecular flexibility index (Phi) is 8.76. The van der Waals surface area contributed by atoms with Crippen LogP contribution in [0.15, 0.2) is 0 Å². The maximum Gasteiger partial charge on any atom is 0.249 e. The van der Waals surface area contributed by atoms with E-state index in [1.165, 1.54) is 0 Å². The fourth-order valence-corrected chi connectivity index (χ4v) is 3.87. The fraction of sp³-hybridized carbons (Fsp3) is 0.944. The molecule has 11 atom stereocenters. The molecule has 0 spiro atoms. The van der Waals surface area contributed by atoms with E-state index in [9.17, 15) is 35.4 Å². The number of aliphatic hydroxyl groups excluding tert-OH is 6. The molecule has 1 heterocycles. The predicted octanol–water partition coefficient (Wildman–Crippen LogP) is -3.45. The number of hydrogen-bond donors (Lipinski definition) is 8. The molecule has 1 aliphatic carbocycles. The maximum atomic E-state index is 12.0. The third-order valence-electron chi connectivity index (χ3n) is 5.70. The number of nitrogens with two attached hydrogens (primary N) is 1. The van der Waals surface area contributed by atoms with Gasteiger partial charge in [-0.25, -0.2) is 0 Å².